The molecule has 208 valence electrons. The predicted molar refractivity (Wildman–Crippen MR) is 136 cm³/mol. The fourth-order valence-corrected chi connectivity index (χ4v) is 2.89. The minimum atomic E-state index is -0.115. The van der Waals surface area contributed by atoms with Crippen molar-refractivity contribution < 1.29 is 43.0 Å². The van der Waals surface area contributed by atoms with Crippen molar-refractivity contribution in [1.82, 2.24) is 9.97 Å². The van der Waals surface area contributed by atoms with Crippen LogP contribution in [0.1, 0.15) is 5.69 Å². The molecule has 0 spiro atoms. The Kier molecular flexibility index (Phi) is 18.3. The zero-order chi connectivity index (χ0) is 26.2. The number of aliphatic hydroxyl groups is 1. The molecule has 0 aliphatic heterocycles. The van der Waals surface area contributed by atoms with Crippen molar-refractivity contribution in [1.29, 1.82) is 0 Å². The Balaban J connectivity index is 1.32. The molecule has 0 aliphatic carbocycles. The third-order valence-corrected chi connectivity index (χ3v) is 4.78. The van der Waals surface area contributed by atoms with Crippen molar-refractivity contribution >= 4 is 0 Å². The Morgan fingerprint density at radius 1 is 0.595 bits per heavy atom. The van der Waals surface area contributed by atoms with E-state index in [2.05, 4.69) is 9.97 Å². The molecule has 1 aromatic carbocycles. The van der Waals surface area contributed by atoms with Crippen LogP contribution in [0.15, 0.2) is 36.5 Å². The smallest absolute Gasteiger partial charge is 0.159 e. The van der Waals surface area contributed by atoms with E-state index in [0.717, 1.165) is 11.3 Å². The van der Waals surface area contributed by atoms with Gasteiger partial charge in [-0.2, -0.15) is 0 Å². The van der Waals surface area contributed by atoms with Gasteiger partial charge in [0.15, 0.2) is 5.82 Å². The van der Waals surface area contributed by atoms with Gasteiger partial charge in [0.25, 0.3) is 0 Å². The fraction of sp³-hybridized carbons (Fsp3) is 0.615. The van der Waals surface area contributed by atoms with Gasteiger partial charge >= 0.3 is 0 Å². The van der Waals surface area contributed by atoms with E-state index >= 15 is 0 Å². The lowest BCUT2D eigenvalue weighted by molar-refractivity contribution is -0.0199. The van der Waals surface area contributed by atoms with Gasteiger partial charge in [0.05, 0.1) is 98.2 Å². The fourth-order valence-electron chi connectivity index (χ4n) is 2.89. The number of nitrogens with zero attached hydrogens (tertiary/aromatic N) is 2. The summed E-state index contributed by atoms with van der Waals surface area (Å²) in [6.07, 6.45) is 1.63. The van der Waals surface area contributed by atoms with E-state index < -0.39 is 0 Å². The van der Waals surface area contributed by atoms with Crippen LogP contribution in [0.3, 0.4) is 0 Å². The van der Waals surface area contributed by atoms with Crippen molar-refractivity contribution in [3.63, 3.8) is 0 Å². The molecule has 0 atom stereocenters. The van der Waals surface area contributed by atoms with Crippen molar-refractivity contribution in [2.45, 2.75) is 6.61 Å². The van der Waals surface area contributed by atoms with Crippen molar-refractivity contribution in [2.24, 2.45) is 0 Å². The lowest BCUT2D eigenvalue weighted by atomic mass is 10.2. The number of aromatic nitrogens is 2. The van der Waals surface area contributed by atoms with Crippen LogP contribution in [0.5, 0.6) is 5.75 Å². The molecular formula is C26H40N2O9. The number of methoxy groups -OCH3 is 1. The minimum absolute atomic E-state index is 0.115. The first-order valence-corrected chi connectivity index (χ1v) is 12.4. The van der Waals surface area contributed by atoms with E-state index in [0.29, 0.717) is 104 Å². The molecule has 37 heavy (non-hydrogen) atoms. The van der Waals surface area contributed by atoms with Gasteiger partial charge in [0, 0.05) is 18.9 Å². The highest BCUT2D eigenvalue weighted by Gasteiger charge is 2.03. The SMILES string of the molecule is COCCOCCOCCOCCOCCOCCOCCOc1ccc(-c2nccc(CO)n2)cc1. The second kappa shape index (κ2) is 21.8. The molecule has 0 aliphatic rings. The number of rotatable bonds is 24. The van der Waals surface area contributed by atoms with E-state index in [9.17, 15) is 5.11 Å². The van der Waals surface area contributed by atoms with Gasteiger partial charge in [-0.1, -0.05) is 0 Å². The molecule has 0 amide bonds. The maximum Gasteiger partial charge on any atom is 0.159 e. The Morgan fingerprint density at radius 3 is 1.51 bits per heavy atom. The molecule has 11 nitrogen and oxygen atoms in total. The number of ether oxygens (including phenoxy) is 8. The Hall–Kier alpha value is -2.22. The van der Waals surface area contributed by atoms with Gasteiger partial charge < -0.3 is 43.0 Å². The lowest BCUT2D eigenvalue weighted by Crippen LogP contribution is -2.15. The summed E-state index contributed by atoms with van der Waals surface area (Å²) in [4.78, 5) is 8.52. The Morgan fingerprint density at radius 2 is 1.05 bits per heavy atom. The summed E-state index contributed by atoms with van der Waals surface area (Å²) in [5.74, 6) is 1.30. The van der Waals surface area contributed by atoms with E-state index in [4.69, 9.17) is 37.9 Å². The highest BCUT2D eigenvalue weighted by molar-refractivity contribution is 5.56. The van der Waals surface area contributed by atoms with Crippen molar-refractivity contribution in [3.8, 4) is 17.1 Å². The molecule has 1 N–H and O–H groups in total. The standard InChI is InChI=1S/C26H40N2O9/c1-30-8-9-31-10-11-32-12-13-33-14-15-34-16-17-35-18-19-36-20-21-37-25-4-2-23(3-5-25)26-27-7-6-24(22-29)28-26/h2-7,29H,8-22H2,1H3. The highest BCUT2D eigenvalue weighted by Crippen LogP contribution is 2.19. The Labute approximate surface area is 218 Å². The highest BCUT2D eigenvalue weighted by atomic mass is 16.6. The second-order valence-electron chi connectivity index (χ2n) is 7.57. The number of hydrogen-bond acceptors (Lipinski definition) is 11. The summed E-state index contributed by atoms with van der Waals surface area (Å²) in [5, 5.41) is 9.20. The summed E-state index contributed by atoms with van der Waals surface area (Å²) in [6, 6.07) is 9.16. The van der Waals surface area contributed by atoms with E-state index in [-0.39, 0.29) is 6.61 Å². The van der Waals surface area contributed by atoms with Crippen LogP contribution in [0.25, 0.3) is 11.4 Å². The van der Waals surface area contributed by atoms with Crippen LogP contribution in [0.2, 0.25) is 0 Å². The molecular weight excluding hydrogens is 484 g/mol. The monoisotopic (exact) mass is 524 g/mol. The number of aliphatic hydroxyl groups excluding tert-OH is 1. The molecule has 11 heteroatoms. The predicted octanol–water partition coefficient (Wildman–Crippen LogP) is 1.76. The van der Waals surface area contributed by atoms with Gasteiger partial charge in [0.2, 0.25) is 0 Å². The average Bonchev–Trinajstić information content (AvgIpc) is 2.94. The summed E-state index contributed by atoms with van der Waals surface area (Å²) < 4.78 is 43.1. The quantitative estimate of drug-likeness (QED) is 0.202. The molecule has 1 aromatic heterocycles. The normalized spacial score (nSPS) is 11.2. The number of hydrogen-bond donors (Lipinski definition) is 1. The molecule has 0 saturated carbocycles. The zero-order valence-corrected chi connectivity index (χ0v) is 21.7. The van der Waals surface area contributed by atoms with Crippen LogP contribution < -0.4 is 4.74 Å². The molecule has 2 rings (SSSR count). The maximum absolute atomic E-state index is 9.20. The van der Waals surface area contributed by atoms with Crippen molar-refractivity contribution in [3.05, 3.63) is 42.2 Å². The summed E-state index contributed by atoms with van der Waals surface area (Å²) in [5.41, 5.74) is 1.44. The van der Waals surface area contributed by atoms with Gasteiger partial charge in [-0.3, -0.25) is 0 Å². The summed E-state index contributed by atoms with van der Waals surface area (Å²) in [6.45, 7) is 7.14. The second-order valence-corrected chi connectivity index (χ2v) is 7.57. The van der Waals surface area contributed by atoms with Gasteiger partial charge in [-0.15, -0.1) is 0 Å². The lowest BCUT2D eigenvalue weighted by Gasteiger charge is -2.09. The zero-order valence-electron chi connectivity index (χ0n) is 21.7. The van der Waals surface area contributed by atoms with E-state index in [1.807, 2.05) is 24.3 Å². The molecule has 1 heterocycles. The van der Waals surface area contributed by atoms with Crippen LogP contribution in [-0.4, -0.2) is 115 Å². The van der Waals surface area contributed by atoms with Crippen LogP contribution in [0, 0.1) is 0 Å². The molecule has 0 fully saturated rings. The maximum atomic E-state index is 9.20. The number of benzene rings is 1. The van der Waals surface area contributed by atoms with E-state index in [1.165, 1.54) is 0 Å². The summed E-state index contributed by atoms with van der Waals surface area (Å²) >= 11 is 0. The summed E-state index contributed by atoms with van der Waals surface area (Å²) in [7, 11) is 1.64. The average molecular weight is 525 g/mol. The first-order chi connectivity index (χ1) is 18.3. The van der Waals surface area contributed by atoms with Crippen LogP contribution in [-0.2, 0) is 39.8 Å². The molecule has 0 saturated heterocycles. The van der Waals surface area contributed by atoms with Gasteiger partial charge in [-0.05, 0) is 30.3 Å². The third-order valence-electron chi connectivity index (χ3n) is 4.78. The largest absolute Gasteiger partial charge is 0.491 e. The first-order valence-electron chi connectivity index (χ1n) is 12.4. The Bertz CT molecular complexity index is 796. The van der Waals surface area contributed by atoms with Gasteiger partial charge in [-0.25, -0.2) is 9.97 Å². The first kappa shape index (κ1) is 31.0. The van der Waals surface area contributed by atoms with Gasteiger partial charge in [0.1, 0.15) is 12.4 Å². The topological polar surface area (TPSA) is 120 Å². The molecule has 2 aromatic rings. The van der Waals surface area contributed by atoms with Crippen LogP contribution >= 0.6 is 0 Å². The third kappa shape index (κ3) is 15.6. The van der Waals surface area contributed by atoms with Crippen LogP contribution in [0.4, 0.5) is 0 Å². The minimum Gasteiger partial charge on any atom is -0.491 e. The molecule has 0 radical (unpaired) electrons. The molecule has 0 bridgehead atoms. The molecule has 0 unspecified atom stereocenters. The van der Waals surface area contributed by atoms with E-state index in [1.54, 1.807) is 19.4 Å². The van der Waals surface area contributed by atoms with Crippen molar-refractivity contribution in [2.75, 3.05) is 99.6 Å².